The number of ether oxygens (including phenoxy) is 2. The Kier molecular flexibility index (Phi) is 4.27. The Morgan fingerprint density at radius 1 is 1.36 bits per heavy atom. The Labute approximate surface area is 83.0 Å². The van der Waals surface area contributed by atoms with E-state index in [1.54, 1.807) is 13.2 Å². The molecule has 0 aliphatic carbocycles. The Balaban J connectivity index is 2.50. The fourth-order valence-corrected chi connectivity index (χ4v) is 0.981. The van der Waals surface area contributed by atoms with Gasteiger partial charge in [-0.2, -0.15) is 0 Å². The van der Waals surface area contributed by atoms with Gasteiger partial charge in [-0.3, -0.25) is 0 Å². The van der Waals surface area contributed by atoms with Crippen LogP contribution in [0, 0.1) is 0 Å². The molecule has 1 aromatic carbocycles. The quantitative estimate of drug-likeness (QED) is 0.665. The summed E-state index contributed by atoms with van der Waals surface area (Å²) in [5.74, 6) is 0.819. The normalized spacial score (nSPS) is 10.1. The molecule has 0 fully saturated rings. The number of rotatable bonds is 5. The van der Waals surface area contributed by atoms with Crippen LogP contribution in [0.4, 0.5) is 0 Å². The van der Waals surface area contributed by atoms with Gasteiger partial charge < -0.3 is 9.47 Å². The van der Waals surface area contributed by atoms with Crippen molar-refractivity contribution in [3.05, 3.63) is 35.9 Å². The molecule has 14 heavy (non-hydrogen) atoms. The fourth-order valence-electron chi connectivity index (χ4n) is 0.981. The topological polar surface area (TPSA) is 35.5 Å². The lowest BCUT2D eigenvalue weighted by molar-refractivity contribution is 0.314. The van der Waals surface area contributed by atoms with Crippen molar-refractivity contribution in [3.8, 4) is 5.75 Å². The minimum atomic E-state index is 0.246. The van der Waals surface area contributed by atoms with Gasteiger partial charge >= 0.3 is 6.47 Å². The molecule has 0 unspecified atom stereocenters. The maximum Gasteiger partial charge on any atom is 0.417 e. The average Bonchev–Trinajstić information content (AvgIpc) is 2.25. The highest BCUT2D eigenvalue weighted by Crippen LogP contribution is 2.11. The van der Waals surface area contributed by atoms with Crippen LogP contribution in [0.15, 0.2) is 30.3 Å². The summed E-state index contributed by atoms with van der Waals surface area (Å²) in [4.78, 5) is 9.70. The number of benzene rings is 1. The van der Waals surface area contributed by atoms with Crippen molar-refractivity contribution in [1.82, 2.24) is 0 Å². The highest BCUT2D eigenvalue weighted by atomic mass is 16.5. The lowest BCUT2D eigenvalue weighted by Gasteiger charge is -1.98. The van der Waals surface area contributed by atoms with Crippen molar-refractivity contribution in [2.75, 3.05) is 13.7 Å². The number of hydrogen-bond donors (Lipinski definition) is 0. The van der Waals surface area contributed by atoms with E-state index >= 15 is 0 Å². The zero-order valence-corrected chi connectivity index (χ0v) is 7.90. The van der Waals surface area contributed by atoms with Crippen LogP contribution in [0.25, 0.3) is 6.08 Å². The highest BCUT2D eigenvalue weighted by Gasteiger charge is 1.89. The van der Waals surface area contributed by atoms with Crippen LogP contribution < -0.4 is 4.74 Å². The van der Waals surface area contributed by atoms with E-state index in [0.717, 1.165) is 11.3 Å². The SMILES string of the molecule is COc1ccc(/C=C/CO[C]=O)cc1. The van der Waals surface area contributed by atoms with E-state index in [1.165, 1.54) is 6.47 Å². The van der Waals surface area contributed by atoms with Crippen molar-refractivity contribution >= 4 is 12.5 Å². The minimum absolute atomic E-state index is 0.246. The molecule has 0 aromatic heterocycles. The molecule has 73 valence electrons. The smallest absolute Gasteiger partial charge is 0.417 e. The third-order valence-corrected chi connectivity index (χ3v) is 1.66. The van der Waals surface area contributed by atoms with Gasteiger partial charge in [-0.1, -0.05) is 18.2 Å². The number of methoxy groups -OCH3 is 1. The molecule has 0 heterocycles. The molecule has 3 nitrogen and oxygen atoms in total. The second-order valence-electron chi connectivity index (χ2n) is 2.57. The van der Waals surface area contributed by atoms with Crippen molar-refractivity contribution in [2.24, 2.45) is 0 Å². The van der Waals surface area contributed by atoms with Gasteiger partial charge in [-0.25, -0.2) is 4.79 Å². The summed E-state index contributed by atoms with van der Waals surface area (Å²) in [6, 6.07) is 7.57. The molecule has 0 saturated heterocycles. The van der Waals surface area contributed by atoms with Crippen molar-refractivity contribution in [3.63, 3.8) is 0 Å². The predicted octanol–water partition coefficient (Wildman–Crippen LogP) is 1.79. The lowest BCUT2D eigenvalue weighted by atomic mass is 10.2. The molecule has 0 saturated carbocycles. The van der Waals surface area contributed by atoms with Crippen molar-refractivity contribution in [2.45, 2.75) is 0 Å². The van der Waals surface area contributed by atoms with Gasteiger partial charge in [0.05, 0.1) is 7.11 Å². The zero-order chi connectivity index (χ0) is 10.2. The molecular formula is C11H11O3. The molecule has 3 heteroatoms. The van der Waals surface area contributed by atoms with Gasteiger partial charge in [0, 0.05) is 0 Å². The first kappa shape index (κ1) is 10.3. The van der Waals surface area contributed by atoms with E-state index in [2.05, 4.69) is 4.74 Å². The summed E-state index contributed by atoms with van der Waals surface area (Å²) in [5.41, 5.74) is 1.03. The third-order valence-electron chi connectivity index (χ3n) is 1.66. The molecule has 0 aliphatic heterocycles. The molecule has 0 spiro atoms. The maximum absolute atomic E-state index is 9.70. The third kappa shape index (κ3) is 3.31. The molecular weight excluding hydrogens is 180 g/mol. The summed E-state index contributed by atoms with van der Waals surface area (Å²) in [6.45, 7) is 1.60. The molecule has 0 atom stereocenters. The summed E-state index contributed by atoms with van der Waals surface area (Å²) >= 11 is 0. The van der Waals surface area contributed by atoms with Crippen LogP contribution in [-0.2, 0) is 9.53 Å². The van der Waals surface area contributed by atoms with E-state index in [4.69, 9.17) is 4.74 Å². The fraction of sp³-hybridized carbons (Fsp3) is 0.182. The van der Waals surface area contributed by atoms with Gasteiger partial charge in [0.2, 0.25) is 0 Å². The average molecular weight is 191 g/mol. The molecule has 1 radical (unpaired) electrons. The van der Waals surface area contributed by atoms with E-state index in [0.29, 0.717) is 0 Å². The zero-order valence-electron chi connectivity index (χ0n) is 7.90. The van der Waals surface area contributed by atoms with Gasteiger partial charge in [0.1, 0.15) is 12.4 Å². The monoisotopic (exact) mass is 191 g/mol. The first-order valence-corrected chi connectivity index (χ1v) is 4.16. The first-order chi connectivity index (χ1) is 6.86. The van der Waals surface area contributed by atoms with Gasteiger partial charge in [0.15, 0.2) is 0 Å². The minimum Gasteiger partial charge on any atom is -0.497 e. The molecule has 1 rings (SSSR count). The second kappa shape index (κ2) is 5.80. The van der Waals surface area contributed by atoms with Crippen molar-refractivity contribution in [1.29, 1.82) is 0 Å². The Hall–Kier alpha value is -1.77. The van der Waals surface area contributed by atoms with E-state index in [9.17, 15) is 4.79 Å². The molecule has 0 aliphatic rings. The second-order valence-corrected chi connectivity index (χ2v) is 2.57. The Morgan fingerprint density at radius 2 is 2.07 bits per heavy atom. The summed E-state index contributed by atoms with van der Waals surface area (Å²) in [7, 11) is 1.62. The molecule has 1 aromatic rings. The highest BCUT2D eigenvalue weighted by molar-refractivity contribution is 5.51. The number of carbonyl (C=O) groups excluding carboxylic acids is 1. The Bertz CT molecular complexity index is 301. The maximum atomic E-state index is 9.70. The Morgan fingerprint density at radius 3 is 2.64 bits per heavy atom. The standard InChI is InChI=1S/C11H11O3/c1-13-11-6-4-10(5-7-11)3-2-8-14-9-12/h2-7H,8H2,1H3/b3-2+. The largest absolute Gasteiger partial charge is 0.497 e. The van der Waals surface area contributed by atoms with Crippen LogP contribution in [0.1, 0.15) is 5.56 Å². The van der Waals surface area contributed by atoms with E-state index in [-0.39, 0.29) is 6.61 Å². The molecule has 0 bridgehead atoms. The molecule has 0 N–H and O–H groups in total. The first-order valence-electron chi connectivity index (χ1n) is 4.16. The van der Waals surface area contributed by atoms with Crippen LogP contribution in [0.5, 0.6) is 5.75 Å². The lowest BCUT2D eigenvalue weighted by Crippen LogP contribution is -1.85. The number of hydrogen-bond acceptors (Lipinski definition) is 3. The van der Waals surface area contributed by atoms with E-state index in [1.807, 2.05) is 30.3 Å². The van der Waals surface area contributed by atoms with Crippen LogP contribution in [-0.4, -0.2) is 20.2 Å². The van der Waals surface area contributed by atoms with Gasteiger partial charge in [0.25, 0.3) is 0 Å². The van der Waals surface area contributed by atoms with Crippen LogP contribution in [0.3, 0.4) is 0 Å². The summed E-state index contributed by atoms with van der Waals surface area (Å²) < 4.78 is 9.40. The molecule has 0 amide bonds. The van der Waals surface area contributed by atoms with Crippen LogP contribution >= 0.6 is 0 Å². The van der Waals surface area contributed by atoms with Gasteiger partial charge in [-0.15, -0.1) is 0 Å². The summed E-state index contributed by atoms with van der Waals surface area (Å²) in [5, 5.41) is 0. The van der Waals surface area contributed by atoms with Gasteiger partial charge in [-0.05, 0) is 23.8 Å². The van der Waals surface area contributed by atoms with Crippen molar-refractivity contribution < 1.29 is 14.3 Å². The summed E-state index contributed by atoms with van der Waals surface area (Å²) in [6.07, 6.45) is 3.60. The predicted molar refractivity (Wildman–Crippen MR) is 53.7 cm³/mol. The van der Waals surface area contributed by atoms with Crippen LogP contribution in [0.2, 0.25) is 0 Å². The van der Waals surface area contributed by atoms with E-state index < -0.39 is 0 Å².